The van der Waals surface area contributed by atoms with Gasteiger partial charge in [0.05, 0.1) is 4.90 Å². The van der Waals surface area contributed by atoms with Crippen LogP contribution in [0, 0.1) is 6.92 Å². The number of nitrogens with zero attached hydrogens (tertiary/aromatic N) is 1. The van der Waals surface area contributed by atoms with E-state index < -0.39 is 22.0 Å². The number of hydrogen-bond donors (Lipinski definition) is 1. The lowest BCUT2D eigenvalue weighted by Gasteiger charge is -2.20. The van der Waals surface area contributed by atoms with Crippen LogP contribution in [0.25, 0.3) is 0 Å². The van der Waals surface area contributed by atoms with E-state index >= 15 is 0 Å². The molecule has 0 heterocycles. The number of carboxylic acid groups (broad SMARTS) is 1. The minimum atomic E-state index is -3.75. The van der Waals surface area contributed by atoms with Crippen molar-refractivity contribution in [1.82, 2.24) is 4.31 Å². The van der Waals surface area contributed by atoms with Crippen LogP contribution in [0.3, 0.4) is 0 Å². The molecule has 5 nitrogen and oxygen atoms in total. The smallest absolute Gasteiger partial charge is 0.321 e. The first-order valence-corrected chi connectivity index (χ1v) is 6.48. The molecule has 0 aliphatic carbocycles. The van der Waals surface area contributed by atoms with Gasteiger partial charge in [-0.15, -0.1) is 0 Å². The molecule has 1 N–H and O–H groups in total. The lowest BCUT2D eigenvalue weighted by atomic mass is 10.2. The summed E-state index contributed by atoms with van der Waals surface area (Å²) in [6.07, 6.45) is 0. The predicted molar refractivity (Wildman–Crippen MR) is 63.2 cm³/mol. The third-order valence-corrected chi connectivity index (χ3v) is 4.54. The summed E-state index contributed by atoms with van der Waals surface area (Å²) in [6.45, 7) is 3.17. The highest BCUT2D eigenvalue weighted by molar-refractivity contribution is 7.89. The number of carbonyl (C=O) groups is 1. The van der Waals surface area contributed by atoms with Crippen LogP contribution in [0.1, 0.15) is 12.5 Å². The number of aryl methyl sites for hydroxylation is 1. The second kappa shape index (κ2) is 4.85. The van der Waals surface area contributed by atoms with Crippen LogP contribution in [0.4, 0.5) is 0 Å². The summed E-state index contributed by atoms with van der Waals surface area (Å²) in [5, 5.41) is 8.80. The van der Waals surface area contributed by atoms with E-state index in [0.29, 0.717) is 0 Å². The maximum atomic E-state index is 12.1. The molecule has 1 rings (SSSR count). The summed E-state index contributed by atoms with van der Waals surface area (Å²) >= 11 is 0. The quantitative estimate of drug-likeness (QED) is 0.876. The Bertz CT molecular complexity index is 507. The summed E-state index contributed by atoms with van der Waals surface area (Å²) in [5.41, 5.74) is 0.942. The Morgan fingerprint density at radius 2 is 1.76 bits per heavy atom. The average Bonchev–Trinajstić information content (AvgIpc) is 2.27. The number of carboxylic acids is 1. The van der Waals surface area contributed by atoms with Crippen LogP contribution < -0.4 is 0 Å². The van der Waals surface area contributed by atoms with Gasteiger partial charge in [-0.1, -0.05) is 17.7 Å². The van der Waals surface area contributed by atoms with Gasteiger partial charge in [-0.2, -0.15) is 4.31 Å². The van der Waals surface area contributed by atoms with Crippen LogP contribution in [0.15, 0.2) is 29.2 Å². The highest BCUT2D eigenvalue weighted by Gasteiger charge is 2.29. The second-order valence-corrected chi connectivity index (χ2v) is 5.85. The maximum absolute atomic E-state index is 12.1. The molecule has 0 aliphatic heterocycles. The van der Waals surface area contributed by atoms with Crippen molar-refractivity contribution >= 4 is 16.0 Å². The van der Waals surface area contributed by atoms with Crippen molar-refractivity contribution in [2.75, 3.05) is 7.05 Å². The molecule has 0 bridgehead atoms. The molecule has 0 saturated carbocycles. The number of aliphatic carboxylic acids is 1. The van der Waals surface area contributed by atoms with Gasteiger partial charge in [-0.3, -0.25) is 4.79 Å². The molecule has 0 unspecified atom stereocenters. The number of benzene rings is 1. The molecule has 0 aliphatic rings. The van der Waals surface area contributed by atoms with Gasteiger partial charge in [0.25, 0.3) is 0 Å². The van der Waals surface area contributed by atoms with E-state index in [9.17, 15) is 13.2 Å². The molecule has 0 aromatic heterocycles. The SMILES string of the molecule is Cc1ccc(S(=O)(=O)N(C)[C@H](C)C(=O)O)cc1. The van der Waals surface area contributed by atoms with Crippen molar-refractivity contribution in [2.45, 2.75) is 24.8 Å². The van der Waals surface area contributed by atoms with Crippen molar-refractivity contribution in [1.29, 1.82) is 0 Å². The first-order chi connectivity index (χ1) is 7.76. The van der Waals surface area contributed by atoms with Crippen LogP contribution >= 0.6 is 0 Å². The largest absolute Gasteiger partial charge is 0.480 e. The minimum Gasteiger partial charge on any atom is -0.480 e. The first-order valence-electron chi connectivity index (χ1n) is 5.04. The first kappa shape index (κ1) is 13.7. The zero-order valence-electron chi connectivity index (χ0n) is 9.91. The van der Waals surface area contributed by atoms with E-state index in [2.05, 4.69) is 0 Å². The van der Waals surface area contributed by atoms with Gasteiger partial charge >= 0.3 is 5.97 Å². The Hall–Kier alpha value is -1.40. The van der Waals surface area contributed by atoms with Gasteiger partial charge < -0.3 is 5.11 Å². The molecule has 0 spiro atoms. The molecule has 0 radical (unpaired) electrons. The third kappa shape index (κ3) is 2.83. The van der Waals surface area contributed by atoms with Gasteiger partial charge in [0, 0.05) is 7.05 Å². The third-order valence-electron chi connectivity index (χ3n) is 2.60. The zero-order chi connectivity index (χ0) is 13.2. The van der Waals surface area contributed by atoms with Crippen molar-refractivity contribution in [3.63, 3.8) is 0 Å². The Balaban J connectivity index is 3.11. The second-order valence-electron chi connectivity index (χ2n) is 3.85. The van der Waals surface area contributed by atoms with E-state index in [1.54, 1.807) is 12.1 Å². The predicted octanol–water partition coefficient (Wildman–Crippen LogP) is 1.09. The van der Waals surface area contributed by atoms with Gasteiger partial charge in [0.2, 0.25) is 10.0 Å². The molecule has 1 aromatic carbocycles. The maximum Gasteiger partial charge on any atom is 0.321 e. The highest BCUT2D eigenvalue weighted by Crippen LogP contribution is 2.17. The average molecular weight is 257 g/mol. The Labute approximate surface area is 101 Å². The van der Waals surface area contributed by atoms with E-state index in [4.69, 9.17) is 5.11 Å². The Morgan fingerprint density at radius 1 is 1.29 bits per heavy atom. The summed E-state index contributed by atoms with van der Waals surface area (Å²) in [5.74, 6) is -1.18. The Kier molecular flexibility index (Phi) is 3.90. The molecule has 17 heavy (non-hydrogen) atoms. The zero-order valence-corrected chi connectivity index (χ0v) is 10.7. The molecule has 1 atom stereocenters. The van der Waals surface area contributed by atoms with E-state index in [-0.39, 0.29) is 4.90 Å². The van der Waals surface area contributed by atoms with E-state index in [1.165, 1.54) is 26.1 Å². The molecule has 1 aromatic rings. The monoisotopic (exact) mass is 257 g/mol. The molecule has 94 valence electrons. The molecule has 6 heteroatoms. The van der Waals surface area contributed by atoms with Crippen LogP contribution in [0.5, 0.6) is 0 Å². The molecule has 0 saturated heterocycles. The van der Waals surface area contributed by atoms with Crippen LogP contribution in [-0.4, -0.2) is 36.9 Å². The topological polar surface area (TPSA) is 74.7 Å². The van der Waals surface area contributed by atoms with Crippen molar-refractivity contribution in [2.24, 2.45) is 0 Å². The van der Waals surface area contributed by atoms with Crippen LogP contribution in [0.2, 0.25) is 0 Å². The highest BCUT2D eigenvalue weighted by atomic mass is 32.2. The van der Waals surface area contributed by atoms with Gasteiger partial charge in [0.1, 0.15) is 6.04 Å². The van der Waals surface area contributed by atoms with Crippen LogP contribution in [-0.2, 0) is 14.8 Å². The minimum absolute atomic E-state index is 0.0960. The fraction of sp³-hybridized carbons (Fsp3) is 0.364. The van der Waals surface area contributed by atoms with Crippen molar-refractivity contribution in [3.8, 4) is 0 Å². The number of rotatable bonds is 4. The van der Waals surface area contributed by atoms with E-state index in [1.807, 2.05) is 6.92 Å². The summed E-state index contributed by atoms with van der Waals surface area (Å²) in [6, 6.07) is 5.19. The summed E-state index contributed by atoms with van der Waals surface area (Å²) < 4.78 is 25.0. The standard InChI is InChI=1S/C11H15NO4S/c1-8-4-6-10(7-5-8)17(15,16)12(3)9(2)11(13)14/h4-7,9H,1-3H3,(H,13,14)/t9-/m1/s1. The van der Waals surface area contributed by atoms with Gasteiger partial charge in [-0.05, 0) is 26.0 Å². The van der Waals surface area contributed by atoms with Gasteiger partial charge in [0.15, 0.2) is 0 Å². The van der Waals surface area contributed by atoms with Crippen molar-refractivity contribution in [3.05, 3.63) is 29.8 Å². The molecular weight excluding hydrogens is 242 g/mol. The number of likely N-dealkylation sites (N-methyl/N-ethyl adjacent to an activating group) is 1. The fourth-order valence-electron chi connectivity index (χ4n) is 1.24. The Morgan fingerprint density at radius 3 is 2.18 bits per heavy atom. The normalized spacial score (nSPS) is 13.6. The van der Waals surface area contributed by atoms with E-state index in [0.717, 1.165) is 9.87 Å². The van der Waals surface area contributed by atoms with Gasteiger partial charge in [-0.25, -0.2) is 8.42 Å². The molecule has 0 fully saturated rings. The lowest BCUT2D eigenvalue weighted by Crippen LogP contribution is -2.40. The van der Waals surface area contributed by atoms with Crippen molar-refractivity contribution < 1.29 is 18.3 Å². The fourth-order valence-corrected chi connectivity index (χ4v) is 2.56. The number of sulfonamides is 1. The summed E-state index contributed by atoms with van der Waals surface area (Å²) in [4.78, 5) is 10.9. The molecule has 0 amide bonds. The summed E-state index contributed by atoms with van der Waals surface area (Å²) in [7, 11) is -2.49. The molecular formula is C11H15NO4S. The lowest BCUT2D eigenvalue weighted by molar-refractivity contribution is -0.140. The number of hydrogen-bond acceptors (Lipinski definition) is 3.